The summed E-state index contributed by atoms with van der Waals surface area (Å²) in [6, 6.07) is -0.193. The minimum Gasteiger partial charge on any atom is -0.335 e. The molecule has 1 aliphatic rings. The summed E-state index contributed by atoms with van der Waals surface area (Å²) in [7, 11) is 0. The maximum absolute atomic E-state index is 12.4. The second-order valence-electron chi connectivity index (χ2n) is 7.63. The van der Waals surface area contributed by atoms with Crippen LogP contribution in [0.5, 0.6) is 0 Å². The number of aryl methyl sites for hydroxylation is 1. The molecular weight excluding hydrogens is 348 g/mol. The van der Waals surface area contributed by atoms with Gasteiger partial charge in [0.2, 0.25) is 5.91 Å². The van der Waals surface area contributed by atoms with Crippen LogP contribution in [0.2, 0.25) is 0 Å². The van der Waals surface area contributed by atoms with E-state index in [0.717, 1.165) is 48.8 Å². The van der Waals surface area contributed by atoms with Gasteiger partial charge in [-0.2, -0.15) is 0 Å². The minimum absolute atomic E-state index is 0.190. The van der Waals surface area contributed by atoms with Gasteiger partial charge in [0.25, 0.3) is 0 Å². The van der Waals surface area contributed by atoms with Crippen molar-refractivity contribution in [1.29, 1.82) is 0 Å². The van der Waals surface area contributed by atoms with Crippen molar-refractivity contribution in [2.24, 2.45) is 5.92 Å². The van der Waals surface area contributed by atoms with Crippen molar-refractivity contribution >= 4 is 23.7 Å². The van der Waals surface area contributed by atoms with Crippen molar-refractivity contribution in [3.05, 3.63) is 11.4 Å². The molecule has 2 N–H and O–H groups in total. The molecule has 1 heterocycles. The minimum atomic E-state index is -0.390. The Bertz CT molecular complexity index is 636. The number of nitrogens with zero attached hydrogens (tertiary/aromatic N) is 2. The lowest BCUT2D eigenvalue weighted by Crippen LogP contribution is -2.47. The summed E-state index contributed by atoms with van der Waals surface area (Å²) >= 11 is 1.40. The first-order chi connectivity index (χ1) is 12.3. The Hall–Kier alpha value is -1.50. The van der Waals surface area contributed by atoms with E-state index in [1.165, 1.54) is 18.2 Å². The SMILES string of the molecule is Cc1nc(S[C@@H](C)C(=O)NC(=O)NC2CCCCC2)n(CC(C)C)c1C. The molecule has 0 spiro atoms. The number of nitrogens with one attached hydrogen (secondary N) is 2. The van der Waals surface area contributed by atoms with Crippen LogP contribution >= 0.6 is 11.8 Å². The topological polar surface area (TPSA) is 76.0 Å². The average molecular weight is 381 g/mol. The summed E-state index contributed by atoms with van der Waals surface area (Å²) in [6.45, 7) is 11.0. The van der Waals surface area contributed by atoms with Gasteiger partial charge in [0.15, 0.2) is 5.16 Å². The molecular formula is C19H32N4O2S. The molecule has 1 aliphatic carbocycles. The molecule has 6 nitrogen and oxygen atoms in total. The van der Waals surface area contributed by atoms with Gasteiger partial charge in [-0.05, 0) is 39.5 Å². The van der Waals surface area contributed by atoms with Gasteiger partial charge in [0, 0.05) is 18.3 Å². The van der Waals surface area contributed by atoms with Crippen LogP contribution in [-0.4, -0.2) is 32.8 Å². The maximum Gasteiger partial charge on any atom is 0.321 e. The number of hydrogen-bond donors (Lipinski definition) is 2. The van der Waals surface area contributed by atoms with Crippen molar-refractivity contribution in [1.82, 2.24) is 20.2 Å². The molecule has 0 radical (unpaired) electrons. The van der Waals surface area contributed by atoms with Crippen molar-refractivity contribution in [3.63, 3.8) is 0 Å². The first-order valence-corrected chi connectivity index (χ1v) is 10.5. The van der Waals surface area contributed by atoms with Crippen LogP contribution in [0.4, 0.5) is 4.79 Å². The maximum atomic E-state index is 12.4. The van der Waals surface area contributed by atoms with Crippen molar-refractivity contribution < 1.29 is 9.59 Å². The molecule has 1 atom stereocenters. The number of hydrogen-bond acceptors (Lipinski definition) is 4. The van der Waals surface area contributed by atoms with Gasteiger partial charge in [-0.1, -0.05) is 44.9 Å². The van der Waals surface area contributed by atoms with E-state index in [9.17, 15) is 9.59 Å². The van der Waals surface area contributed by atoms with E-state index in [2.05, 4.69) is 41.0 Å². The Morgan fingerprint density at radius 2 is 1.85 bits per heavy atom. The zero-order valence-electron chi connectivity index (χ0n) is 16.6. The second-order valence-corrected chi connectivity index (χ2v) is 8.94. The zero-order valence-corrected chi connectivity index (χ0v) is 17.4. The quantitative estimate of drug-likeness (QED) is 0.736. The highest BCUT2D eigenvalue weighted by molar-refractivity contribution is 8.00. The first-order valence-electron chi connectivity index (χ1n) is 9.59. The fraction of sp³-hybridized carbons (Fsp3) is 0.737. The molecule has 0 bridgehead atoms. The summed E-state index contributed by atoms with van der Waals surface area (Å²) in [5.41, 5.74) is 2.11. The summed E-state index contributed by atoms with van der Waals surface area (Å²) < 4.78 is 2.16. The average Bonchev–Trinajstić information content (AvgIpc) is 2.82. The predicted molar refractivity (Wildman–Crippen MR) is 105 cm³/mol. The zero-order chi connectivity index (χ0) is 19.3. The molecule has 1 fully saturated rings. The van der Waals surface area contributed by atoms with E-state index in [1.807, 2.05) is 13.8 Å². The molecule has 2 rings (SSSR count). The van der Waals surface area contributed by atoms with Crippen molar-refractivity contribution in [2.75, 3.05) is 0 Å². The van der Waals surface area contributed by atoms with Gasteiger partial charge < -0.3 is 9.88 Å². The Morgan fingerprint density at radius 3 is 2.46 bits per heavy atom. The van der Waals surface area contributed by atoms with E-state index in [-0.39, 0.29) is 23.2 Å². The highest BCUT2D eigenvalue weighted by Gasteiger charge is 2.23. The van der Waals surface area contributed by atoms with E-state index in [1.54, 1.807) is 0 Å². The summed E-state index contributed by atoms with van der Waals surface area (Å²) in [6.07, 6.45) is 5.51. The van der Waals surface area contributed by atoms with Crippen molar-refractivity contribution in [2.45, 2.75) is 89.7 Å². The fourth-order valence-electron chi connectivity index (χ4n) is 3.19. The Morgan fingerprint density at radius 1 is 1.19 bits per heavy atom. The van der Waals surface area contributed by atoms with Crippen LogP contribution < -0.4 is 10.6 Å². The number of thioether (sulfide) groups is 1. The molecule has 0 aromatic carbocycles. The van der Waals surface area contributed by atoms with Crippen LogP contribution in [0.25, 0.3) is 0 Å². The second kappa shape index (κ2) is 9.44. The molecule has 1 saturated carbocycles. The van der Waals surface area contributed by atoms with E-state index >= 15 is 0 Å². The monoisotopic (exact) mass is 380 g/mol. The van der Waals surface area contributed by atoms with Gasteiger partial charge in [-0.3, -0.25) is 10.1 Å². The normalized spacial score (nSPS) is 16.5. The summed E-state index contributed by atoms with van der Waals surface area (Å²) in [5.74, 6) is 0.213. The number of aromatic nitrogens is 2. The molecule has 0 unspecified atom stereocenters. The number of imide groups is 1. The summed E-state index contributed by atoms with van der Waals surface area (Å²) in [4.78, 5) is 29.1. The van der Waals surface area contributed by atoms with Gasteiger partial charge in [-0.15, -0.1) is 0 Å². The molecule has 7 heteroatoms. The van der Waals surface area contributed by atoms with Gasteiger partial charge in [0.1, 0.15) is 0 Å². The van der Waals surface area contributed by atoms with Crippen LogP contribution in [-0.2, 0) is 11.3 Å². The van der Waals surface area contributed by atoms with Gasteiger partial charge in [-0.25, -0.2) is 9.78 Å². The number of carbonyl (C=O) groups is 2. The molecule has 0 saturated heterocycles. The molecule has 26 heavy (non-hydrogen) atoms. The molecule has 1 aromatic rings. The number of imidazole rings is 1. The third-order valence-corrected chi connectivity index (χ3v) is 5.89. The standard InChI is InChI=1S/C19H32N4O2S/c1-12(2)11-23-14(4)13(3)20-19(23)26-15(5)17(24)22-18(25)21-16-9-7-6-8-10-16/h12,15-16H,6-11H2,1-5H3,(H2,21,22,24,25)/t15-/m0/s1. The Balaban J connectivity index is 1.92. The lowest BCUT2D eigenvalue weighted by molar-refractivity contribution is -0.119. The fourth-order valence-corrected chi connectivity index (χ4v) is 4.20. The Kier molecular flexibility index (Phi) is 7.55. The first kappa shape index (κ1) is 20.8. The van der Waals surface area contributed by atoms with E-state index in [4.69, 9.17) is 0 Å². The highest BCUT2D eigenvalue weighted by atomic mass is 32.2. The Labute approximate surface area is 160 Å². The molecule has 0 aliphatic heterocycles. The van der Waals surface area contributed by atoms with E-state index in [0.29, 0.717) is 5.92 Å². The van der Waals surface area contributed by atoms with Crippen LogP contribution in [0.15, 0.2) is 5.16 Å². The number of carbonyl (C=O) groups excluding carboxylic acids is 2. The molecule has 1 aromatic heterocycles. The van der Waals surface area contributed by atoms with Crippen molar-refractivity contribution in [3.8, 4) is 0 Å². The van der Waals surface area contributed by atoms with Gasteiger partial charge in [0.05, 0.1) is 10.9 Å². The third kappa shape index (κ3) is 5.76. The van der Waals surface area contributed by atoms with E-state index < -0.39 is 0 Å². The number of rotatable bonds is 6. The van der Waals surface area contributed by atoms with Crippen LogP contribution in [0.1, 0.15) is 64.3 Å². The lowest BCUT2D eigenvalue weighted by Gasteiger charge is -2.23. The van der Waals surface area contributed by atoms with Gasteiger partial charge >= 0.3 is 6.03 Å². The molecule has 3 amide bonds. The highest BCUT2D eigenvalue weighted by Crippen LogP contribution is 2.26. The molecule has 146 valence electrons. The third-order valence-electron chi connectivity index (χ3n) is 4.80. The largest absolute Gasteiger partial charge is 0.335 e. The number of amides is 3. The number of urea groups is 1. The predicted octanol–water partition coefficient (Wildman–Crippen LogP) is 3.80. The van der Waals surface area contributed by atoms with Crippen LogP contribution in [0.3, 0.4) is 0 Å². The van der Waals surface area contributed by atoms with Crippen LogP contribution in [0, 0.1) is 19.8 Å². The summed E-state index contributed by atoms with van der Waals surface area (Å²) in [5, 5.41) is 5.85. The lowest BCUT2D eigenvalue weighted by atomic mass is 9.96. The smallest absolute Gasteiger partial charge is 0.321 e.